The van der Waals surface area contributed by atoms with Gasteiger partial charge in [-0.3, -0.25) is 19.2 Å². The highest BCUT2D eigenvalue weighted by atomic mass is 35.5. The van der Waals surface area contributed by atoms with Gasteiger partial charge in [0, 0.05) is 9.90 Å². The number of carbonyl (C=O) groups is 4. The smallest absolute Gasteiger partial charge is 0.325 e. The van der Waals surface area contributed by atoms with Crippen molar-refractivity contribution in [2.75, 3.05) is 18.5 Å². The normalized spacial score (nSPS) is 12.2. The molecule has 2 aromatic rings. The van der Waals surface area contributed by atoms with Crippen LogP contribution in [0.2, 0.25) is 10.0 Å². The first-order chi connectivity index (χ1) is 14.3. The highest BCUT2D eigenvalue weighted by Gasteiger charge is 2.26. The lowest BCUT2D eigenvalue weighted by Crippen LogP contribution is -2.32. The van der Waals surface area contributed by atoms with Crippen LogP contribution in [-0.2, 0) is 27.2 Å². The number of thiophene rings is 1. The second-order valence-corrected chi connectivity index (χ2v) is 8.39. The van der Waals surface area contributed by atoms with Crippen LogP contribution in [0.1, 0.15) is 37.6 Å². The van der Waals surface area contributed by atoms with E-state index in [1.807, 2.05) is 0 Å². The molecule has 3 rings (SSSR count). The minimum absolute atomic E-state index is 0.140. The summed E-state index contributed by atoms with van der Waals surface area (Å²) in [5.74, 6) is -2.62. The van der Waals surface area contributed by atoms with Gasteiger partial charge in [-0.05, 0) is 43.0 Å². The van der Waals surface area contributed by atoms with Gasteiger partial charge in [-0.2, -0.15) is 0 Å². The number of ether oxygens (including phenoxy) is 1. The summed E-state index contributed by atoms with van der Waals surface area (Å²) in [5.41, 5.74) is 6.79. The number of esters is 1. The molecule has 1 aliphatic carbocycles. The van der Waals surface area contributed by atoms with Gasteiger partial charge in [0.25, 0.3) is 17.7 Å². The molecule has 0 fully saturated rings. The Kier molecular flexibility index (Phi) is 6.96. The highest BCUT2D eigenvalue weighted by molar-refractivity contribution is 7.17. The fourth-order valence-electron chi connectivity index (χ4n) is 3.03. The molecule has 1 aromatic heterocycles. The van der Waals surface area contributed by atoms with E-state index in [0.29, 0.717) is 15.6 Å². The topological polar surface area (TPSA) is 128 Å². The Morgan fingerprint density at radius 2 is 1.93 bits per heavy atom. The molecule has 0 bridgehead atoms. The van der Waals surface area contributed by atoms with Gasteiger partial charge < -0.3 is 21.1 Å². The van der Waals surface area contributed by atoms with Crippen molar-refractivity contribution >= 4 is 63.2 Å². The summed E-state index contributed by atoms with van der Waals surface area (Å²) in [6.45, 7) is -1.03. The minimum Gasteiger partial charge on any atom is -0.454 e. The lowest BCUT2D eigenvalue weighted by molar-refractivity contribution is -0.146. The number of primary amides is 1. The van der Waals surface area contributed by atoms with Crippen LogP contribution in [0.5, 0.6) is 0 Å². The molecule has 0 saturated carbocycles. The van der Waals surface area contributed by atoms with Crippen molar-refractivity contribution in [3.05, 3.63) is 49.8 Å². The van der Waals surface area contributed by atoms with Gasteiger partial charge in [-0.15, -0.1) is 11.3 Å². The molecule has 8 nitrogen and oxygen atoms in total. The van der Waals surface area contributed by atoms with Crippen LogP contribution in [0.25, 0.3) is 0 Å². The first-order valence-corrected chi connectivity index (χ1v) is 10.5. The summed E-state index contributed by atoms with van der Waals surface area (Å²) < 4.78 is 4.86. The summed E-state index contributed by atoms with van der Waals surface area (Å²) in [6, 6.07) is 4.32. The van der Waals surface area contributed by atoms with Crippen LogP contribution in [0, 0.1) is 0 Å². The van der Waals surface area contributed by atoms with Crippen molar-refractivity contribution in [3.63, 3.8) is 0 Å². The molecule has 0 saturated heterocycles. The maximum atomic E-state index is 12.1. The molecule has 30 heavy (non-hydrogen) atoms. The summed E-state index contributed by atoms with van der Waals surface area (Å²) in [7, 11) is 0. The number of nitrogens with two attached hydrogens (primary N) is 1. The fourth-order valence-corrected chi connectivity index (χ4v) is 4.84. The highest BCUT2D eigenvalue weighted by Crippen LogP contribution is 2.38. The first-order valence-electron chi connectivity index (χ1n) is 8.89. The van der Waals surface area contributed by atoms with Crippen molar-refractivity contribution in [1.29, 1.82) is 0 Å². The Bertz CT molecular complexity index is 1040. The number of benzene rings is 1. The lowest BCUT2D eigenvalue weighted by atomic mass is 10.1. The number of anilines is 1. The van der Waals surface area contributed by atoms with Crippen molar-refractivity contribution < 1.29 is 23.9 Å². The molecule has 0 spiro atoms. The third-order valence-corrected chi connectivity index (χ3v) is 6.11. The summed E-state index contributed by atoms with van der Waals surface area (Å²) in [5, 5.41) is 5.79. The molecular weight excluding hydrogens is 453 g/mol. The van der Waals surface area contributed by atoms with Crippen LogP contribution < -0.4 is 16.4 Å². The van der Waals surface area contributed by atoms with Gasteiger partial charge >= 0.3 is 5.97 Å². The third-order valence-electron chi connectivity index (χ3n) is 4.35. The summed E-state index contributed by atoms with van der Waals surface area (Å²) >= 11 is 13.0. The molecule has 4 N–H and O–H groups in total. The number of halogens is 2. The van der Waals surface area contributed by atoms with E-state index in [1.165, 1.54) is 29.5 Å². The average Bonchev–Trinajstić information content (AvgIpc) is 3.24. The predicted molar refractivity (Wildman–Crippen MR) is 113 cm³/mol. The average molecular weight is 470 g/mol. The van der Waals surface area contributed by atoms with Gasteiger partial charge in [-0.1, -0.05) is 23.2 Å². The van der Waals surface area contributed by atoms with Crippen molar-refractivity contribution in [2.24, 2.45) is 5.73 Å². The monoisotopic (exact) mass is 469 g/mol. The lowest BCUT2D eigenvalue weighted by Gasteiger charge is -2.09. The van der Waals surface area contributed by atoms with Gasteiger partial charge in [0.15, 0.2) is 6.61 Å². The fraction of sp³-hybridized carbons (Fsp3) is 0.263. The molecular formula is C19H17Cl2N3O5S. The van der Waals surface area contributed by atoms with Gasteiger partial charge in [-0.25, -0.2) is 0 Å². The molecule has 158 valence electrons. The first kappa shape index (κ1) is 22.1. The zero-order chi connectivity index (χ0) is 21.8. The van der Waals surface area contributed by atoms with Crippen molar-refractivity contribution in [1.82, 2.24) is 5.32 Å². The van der Waals surface area contributed by atoms with Crippen LogP contribution in [-0.4, -0.2) is 36.8 Å². The summed E-state index contributed by atoms with van der Waals surface area (Å²) in [4.78, 5) is 48.7. The number of carbonyl (C=O) groups excluding carboxylic acids is 4. The molecule has 3 amide bonds. The van der Waals surface area contributed by atoms with E-state index in [-0.39, 0.29) is 10.6 Å². The number of hydrogen-bond donors (Lipinski definition) is 3. The molecule has 0 radical (unpaired) electrons. The number of hydrogen-bond acceptors (Lipinski definition) is 6. The molecule has 1 aromatic carbocycles. The second-order valence-electron chi connectivity index (χ2n) is 6.44. The van der Waals surface area contributed by atoms with E-state index < -0.39 is 36.8 Å². The van der Waals surface area contributed by atoms with E-state index in [1.54, 1.807) is 0 Å². The van der Waals surface area contributed by atoms with Crippen LogP contribution >= 0.6 is 34.5 Å². The van der Waals surface area contributed by atoms with E-state index in [4.69, 9.17) is 33.7 Å². The summed E-state index contributed by atoms with van der Waals surface area (Å²) in [6.07, 6.45) is 2.52. The molecule has 11 heteroatoms. The SMILES string of the molecule is NC(=O)c1c(NC(=O)COC(=O)CNC(=O)c2ccc(Cl)cc2Cl)sc2c1CCC2. The maximum absolute atomic E-state index is 12.1. The van der Waals surface area contributed by atoms with Crippen LogP contribution in [0.3, 0.4) is 0 Å². The molecule has 0 unspecified atom stereocenters. The van der Waals surface area contributed by atoms with E-state index in [2.05, 4.69) is 10.6 Å². The number of fused-ring (bicyclic) bond motifs is 1. The third kappa shape index (κ3) is 5.10. The van der Waals surface area contributed by atoms with Gasteiger partial charge in [0.1, 0.15) is 11.5 Å². The molecule has 1 heterocycles. The Morgan fingerprint density at radius 3 is 2.63 bits per heavy atom. The van der Waals surface area contributed by atoms with Gasteiger partial charge in [0.05, 0.1) is 16.1 Å². The minimum atomic E-state index is -0.813. The Hall–Kier alpha value is -2.62. The molecule has 1 aliphatic rings. The van der Waals surface area contributed by atoms with E-state index >= 15 is 0 Å². The number of aryl methyl sites for hydroxylation is 1. The number of rotatable bonds is 7. The molecule has 0 atom stereocenters. The quantitative estimate of drug-likeness (QED) is 0.536. The standard InChI is InChI=1S/C19H17Cl2N3O5S/c20-9-4-5-10(12(21)6-9)18(28)23-7-15(26)29-8-14(25)24-19-16(17(22)27)11-2-1-3-13(11)30-19/h4-6H,1-3,7-8H2,(H2,22,27)(H,23,28)(H,24,25). The number of amides is 3. The van der Waals surface area contributed by atoms with Crippen molar-refractivity contribution in [2.45, 2.75) is 19.3 Å². The van der Waals surface area contributed by atoms with Crippen LogP contribution in [0.15, 0.2) is 18.2 Å². The molecule has 0 aliphatic heterocycles. The zero-order valence-corrected chi connectivity index (χ0v) is 17.9. The van der Waals surface area contributed by atoms with E-state index in [0.717, 1.165) is 29.7 Å². The Labute approximate surface area is 185 Å². The largest absolute Gasteiger partial charge is 0.454 e. The Balaban J connectivity index is 1.49. The zero-order valence-electron chi connectivity index (χ0n) is 15.6. The van der Waals surface area contributed by atoms with Crippen LogP contribution in [0.4, 0.5) is 5.00 Å². The van der Waals surface area contributed by atoms with Gasteiger partial charge in [0.2, 0.25) is 0 Å². The number of nitrogens with one attached hydrogen (secondary N) is 2. The second kappa shape index (κ2) is 9.46. The van der Waals surface area contributed by atoms with Crippen molar-refractivity contribution in [3.8, 4) is 0 Å². The maximum Gasteiger partial charge on any atom is 0.325 e. The van der Waals surface area contributed by atoms with E-state index in [9.17, 15) is 19.2 Å². The predicted octanol–water partition coefficient (Wildman–Crippen LogP) is 2.55. The Morgan fingerprint density at radius 1 is 1.17 bits per heavy atom.